The summed E-state index contributed by atoms with van der Waals surface area (Å²) in [6.45, 7) is 4.51. The van der Waals surface area contributed by atoms with Gasteiger partial charge in [0.2, 0.25) is 0 Å². The third kappa shape index (κ3) is 57.6. The first-order valence-corrected chi connectivity index (χ1v) is 33.3. The summed E-state index contributed by atoms with van der Waals surface area (Å²) in [4.78, 5) is 48.7. The molecule has 0 radical (unpaired) electrons. The summed E-state index contributed by atoms with van der Waals surface area (Å²) in [5, 5.41) is 9.85. The summed E-state index contributed by atoms with van der Waals surface area (Å²) in [7, 11) is -4.77. The van der Waals surface area contributed by atoms with Crippen molar-refractivity contribution in [1.29, 1.82) is 0 Å². The Hall–Kier alpha value is -3.08. The molecule has 0 aromatic rings. The molecule has 0 rings (SSSR count). The summed E-state index contributed by atoms with van der Waals surface area (Å²) in [6, 6.07) is 0. The van der Waals surface area contributed by atoms with E-state index in [1.54, 1.807) is 0 Å². The van der Waals surface area contributed by atoms with Crippen LogP contribution in [0.25, 0.3) is 0 Å². The third-order valence-electron chi connectivity index (χ3n) is 13.6. The van der Waals surface area contributed by atoms with Crippen LogP contribution in [0.3, 0.4) is 0 Å². The van der Waals surface area contributed by atoms with E-state index < -0.39 is 57.8 Å². The molecule has 0 heterocycles. The van der Waals surface area contributed by atoms with E-state index in [0.29, 0.717) is 25.7 Å². The van der Waals surface area contributed by atoms with Gasteiger partial charge in [0.15, 0.2) is 6.10 Å². The lowest BCUT2D eigenvalue weighted by molar-refractivity contribution is -0.161. The van der Waals surface area contributed by atoms with E-state index in [1.165, 1.54) is 141 Å². The smallest absolute Gasteiger partial charge is 0.462 e. The number of ether oxygens (including phenoxy) is 3. The Labute approximate surface area is 478 Å². The maximum atomic E-state index is 12.9. The number of aliphatic hydroxyl groups is 1. The van der Waals surface area contributed by atoms with Crippen molar-refractivity contribution in [1.82, 2.24) is 0 Å². The summed E-state index contributed by atoms with van der Waals surface area (Å²) >= 11 is 0. The predicted molar refractivity (Wildman–Crippen MR) is 325 cm³/mol. The molecular weight excluding hydrogens is 1000 g/mol. The van der Waals surface area contributed by atoms with Gasteiger partial charge in [-0.1, -0.05) is 261 Å². The number of unbranched alkanes of at least 4 members (excludes halogenated alkanes) is 30. The quantitative estimate of drug-likeness (QED) is 0.0197. The molecule has 0 aromatic carbocycles. The minimum absolute atomic E-state index is 0.147. The average Bonchev–Trinajstić information content (AvgIpc) is 3.43. The number of carbonyl (C=O) groups is 3. The average molecular weight is 1120 g/mol. The Bertz CT molecular complexity index is 1590. The van der Waals surface area contributed by atoms with Crippen molar-refractivity contribution < 1.29 is 52.2 Å². The molecule has 452 valence electrons. The maximum Gasteiger partial charge on any atom is 0.472 e. The SMILES string of the molecule is CC/C=C\C/C=C\C/C=C\C/C=C\C/C=C\CCCC(=O)OCC(COP(=O)(O)OCC(CO)OC(=O)CCCCCCCCCCCCCCCCCCC)OC(=O)CCCCCCCCC/C=C\CCCCCCCC. The lowest BCUT2D eigenvalue weighted by Gasteiger charge is -2.21. The van der Waals surface area contributed by atoms with Crippen LogP contribution in [0.1, 0.15) is 290 Å². The van der Waals surface area contributed by atoms with E-state index in [2.05, 4.69) is 87.6 Å². The van der Waals surface area contributed by atoms with Crippen LogP contribution < -0.4 is 0 Å². The largest absolute Gasteiger partial charge is 0.472 e. The highest BCUT2D eigenvalue weighted by Gasteiger charge is 2.28. The number of phosphoric acid groups is 1. The molecular formula is C66H117O11P. The monoisotopic (exact) mass is 1120 g/mol. The summed E-state index contributed by atoms with van der Waals surface area (Å²) in [6.07, 6.45) is 68.6. The van der Waals surface area contributed by atoms with Crippen LogP contribution in [0.5, 0.6) is 0 Å². The molecule has 0 spiro atoms. The second-order valence-electron chi connectivity index (χ2n) is 21.2. The number of carbonyl (C=O) groups excluding carboxylic acids is 3. The Morgan fingerprint density at radius 2 is 0.679 bits per heavy atom. The van der Waals surface area contributed by atoms with E-state index in [1.807, 2.05) is 6.08 Å². The number of aliphatic hydroxyl groups excluding tert-OH is 1. The Balaban J connectivity index is 4.75. The molecule has 2 N–H and O–H groups in total. The maximum absolute atomic E-state index is 12.9. The molecule has 78 heavy (non-hydrogen) atoms. The van der Waals surface area contributed by atoms with Crippen LogP contribution in [0.15, 0.2) is 72.9 Å². The fourth-order valence-corrected chi connectivity index (χ4v) is 9.58. The number of hydrogen-bond acceptors (Lipinski definition) is 10. The molecule has 3 atom stereocenters. The minimum atomic E-state index is -4.77. The van der Waals surface area contributed by atoms with Crippen molar-refractivity contribution in [3.63, 3.8) is 0 Å². The zero-order chi connectivity index (χ0) is 56.9. The van der Waals surface area contributed by atoms with E-state index in [9.17, 15) is 28.9 Å². The molecule has 0 saturated heterocycles. The van der Waals surface area contributed by atoms with Gasteiger partial charge in [0.25, 0.3) is 0 Å². The molecule has 0 saturated carbocycles. The normalized spacial score (nSPS) is 13.8. The summed E-state index contributed by atoms with van der Waals surface area (Å²) in [5.41, 5.74) is 0. The third-order valence-corrected chi connectivity index (χ3v) is 14.6. The molecule has 0 aliphatic heterocycles. The first-order valence-electron chi connectivity index (χ1n) is 31.8. The highest BCUT2D eigenvalue weighted by atomic mass is 31.2. The van der Waals surface area contributed by atoms with E-state index >= 15 is 0 Å². The molecule has 11 nitrogen and oxygen atoms in total. The first kappa shape index (κ1) is 74.9. The van der Waals surface area contributed by atoms with Crippen molar-refractivity contribution in [2.75, 3.05) is 26.4 Å². The second-order valence-corrected chi connectivity index (χ2v) is 22.7. The van der Waals surface area contributed by atoms with Crippen LogP contribution in [-0.4, -0.2) is 66.5 Å². The van der Waals surface area contributed by atoms with Crippen molar-refractivity contribution >= 4 is 25.7 Å². The predicted octanol–water partition coefficient (Wildman–Crippen LogP) is 19.3. The first-order chi connectivity index (χ1) is 38.2. The topological polar surface area (TPSA) is 155 Å². The molecule has 0 aliphatic carbocycles. The Morgan fingerprint density at radius 1 is 0.372 bits per heavy atom. The van der Waals surface area contributed by atoms with Gasteiger partial charge in [0, 0.05) is 19.3 Å². The van der Waals surface area contributed by atoms with Crippen molar-refractivity contribution in [2.24, 2.45) is 0 Å². The fraction of sp³-hybridized carbons (Fsp3) is 0.773. The number of hydrogen-bond donors (Lipinski definition) is 2. The number of esters is 3. The van der Waals surface area contributed by atoms with Crippen LogP contribution >= 0.6 is 7.82 Å². The summed E-state index contributed by atoms with van der Waals surface area (Å²) < 4.78 is 39.6. The van der Waals surface area contributed by atoms with Gasteiger partial charge in [-0.15, -0.1) is 0 Å². The molecule has 0 bridgehead atoms. The molecule has 0 aliphatic rings. The highest BCUT2D eigenvalue weighted by Crippen LogP contribution is 2.43. The zero-order valence-electron chi connectivity index (χ0n) is 50.1. The van der Waals surface area contributed by atoms with Gasteiger partial charge in [-0.25, -0.2) is 4.57 Å². The molecule has 0 amide bonds. The van der Waals surface area contributed by atoms with E-state index in [4.69, 9.17) is 23.3 Å². The summed E-state index contributed by atoms with van der Waals surface area (Å²) in [5.74, 6) is -1.53. The van der Waals surface area contributed by atoms with Crippen molar-refractivity contribution in [2.45, 2.75) is 303 Å². The standard InChI is InChI=1S/C66H117O11P/c1-4-7-10-13-16-19-22-25-28-31-34-37-40-43-46-49-52-55-64(68)73-59-63(77-66(70)57-54-51-48-45-42-39-36-33-30-27-24-21-18-15-12-9-6-3)61-75-78(71,72)74-60-62(58-67)76-65(69)56-53-50-47-44-41-38-35-32-29-26-23-20-17-14-11-8-5-2/h7,10,16,19,25,27-28,30,34,37,43,46,62-63,67H,4-6,8-9,11-15,17-18,20-24,26,29,31-33,35-36,38-42,44-45,47-61H2,1-3H3,(H,71,72)/b10-7-,19-16-,28-25-,30-27-,37-34-,46-43-. The minimum Gasteiger partial charge on any atom is -0.462 e. The molecule has 0 aromatic heterocycles. The highest BCUT2D eigenvalue weighted by molar-refractivity contribution is 7.47. The van der Waals surface area contributed by atoms with Crippen LogP contribution in [0.2, 0.25) is 0 Å². The fourth-order valence-electron chi connectivity index (χ4n) is 8.80. The lowest BCUT2D eigenvalue weighted by atomic mass is 10.0. The molecule has 3 unspecified atom stereocenters. The molecule has 12 heteroatoms. The van der Waals surface area contributed by atoms with E-state index in [-0.39, 0.29) is 25.9 Å². The second kappa shape index (κ2) is 60.0. The number of phosphoric ester groups is 1. The molecule has 0 fully saturated rings. The van der Waals surface area contributed by atoms with Gasteiger partial charge < -0.3 is 24.2 Å². The lowest BCUT2D eigenvalue weighted by Crippen LogP contribution is -2.30. The van der Waals surface area contributed by atoms with Crippen LogP contribution in [0, 0.1) is 0 Å². The van der Waals surface area contributed by atoms with Crippen LogP contribution in [0.4, 0.5) is 0 Å². The van der Waals surface area contributed by atoms with Gasteiger partial charge in [-0.2, -0.15) is 0 Å². The van der Waals surface area contributed by atoms with Crippen LogP contribution in [-0.2, 0) is 42.2 Å². The number of rotatable bonds is 59. The van der Waals surface area contributed by atoms with Gasteiger partial charge >= 0.3 is 25.7 Å². The van der Waals surface area contributed by atoms with E-state index in [0.717, 1.165) is 83.5 Å². The van der Waals surface area contributed by atoms with Crippen molar-refractivity contribution in [3.05, 3.63) is 72.9 Å². The van der Waals surface area contributed by atoms with Crippen molar-refractivity contribution in [3.8, 4) is 0 Å². The Kier molecular flexibility index (Phi) is 57.7. The Morgan fingerprint density at radius 3 is 1.08 bits per heavy atom. The van der Waals surface area contributed by atoms with Gasteiger partial charge in [0.05, 0.1) is 19.8 Å². The number of allylic oxidation sites excluding steroid dienone is 12. The van der Waals surface area contributed by atoms with Gasteiger partial charge in [0.1, 0.15) is 12.7 Å². The zero-order valence-corrected chi connectivity index (χ0v) is 51.0. The van der Waals surface area contributed by atoms with Gasteiger partial charge in [-0.3, -0.25) is 23.4 Å². The van der Waals surface area contributed by atoms with Gasteiger partial charge in [-0.05, 0) is 83.5 Å².